The Bertz CT molecular complexity index is 542. The highest BCUT2D eigenvalue weighted by Crippen LogP contribution is 2.36. The number of carbonyl (C=O) groups excluding carboxylic acids is 1. The molecule has 1 aromatic carbocycles. The van der Waals surface area contributed by atoms with Gasteiger partial charge in [0, 0.05) is 37.5 Å². The van der Waals surface area contributed by atoms with E-state index in [9.17, 15) is 4.79 Å². The van der Waals surface area contributed by atoms with Crippen molar-refractivity contribution >= 4 is 35.6 Å². The van der Waals surface area contributed by atoms with Crippen LogP contribution in [0.15, 0.2) is 30.3 Å². The van der Waals surface area contributed by atoms with Crippen molar-refractivity contribution in [3.05, 3.63) is 40.9 Å². The van der Waals surface area contributed by atoms with Gasteiger partial charge >= 0.3 is 5.97 Å². The van der Waals surface area contributed by atoms with Crippen LogP contribution in [-0.2, 0) is 9.53 Å². The lowest BCUT2D eigenvalue weighted by Gasteiger charge is -2.42. The van der Waals surface area contributed by atoms with Crippen molar-refractivity contribution < 1.29 is 9.53 Å². The lowest BCUT2D eigenvalue weighted by atomic mass is 9.81. The Kier molecular flexibility index (Phi) is 5.31. The van der Waals surface area contributed by atoms with E-state index in [2.05, 4.69) is 11.0 Å². The molecule has 1 fully saturated rings. The first-order valence-corrected chi connectivity index (χ1v) is 7.37. The summed E-state index contributed by atoms with van der Waals surface area (Å²) >= 11 is 5.96. The predicted octanol–water partition coefficient (Wildman–Crippen LogP) is 3.41. The summed E-state index contributed by atoms with van der Waals surface area (Å²) in [4.78, 5) is 13.7. The second-order valence-electron chi connectivity index (χ2n) is 5.47. The monoisotopic (exact) mass is 327 g/mol. The molecule has 0 N–H and O–H groups in total. The summed E-state index contributed by atoms with van der Waals surface area (Å²) in [6.45, 7) is 4.42. The first-order chi connectivity index (χ1) is 9.63. The van der Waals surface area contributed by atoms with E-state index in [1.807, 2.05) is 24.3 Å². The number of benzene rings is 1. The van der Waals surface area contributed by atoms with Crippen LogP contribution in [-0.4, -0.2) is 36.6 Å². The van der Waals surface area contributed by atoms with Gasteiger partial charge in [0.2, 0.25) is 0 Å². The molecule has 0 amide bonds. The summed E-state index contributed by atoms with van der Waals surface area (Å²) in [7, 11) is 0. The van der Waals surface area contributed by atoms with E-state index >= 15 is 0 Å². The molecule has 2 aliphatic heterocycles. The quantitative estimate of drug-likeness (QED) is 0.779. The van der Waals surface area contributed by atoms with Gasteiger partial charge in [0.25, 0.3) is 0 Å². The van der Waals surface area contributed by atoms with Crippen LogP contribution >= 0.6 is 24.0 Å². The number of piperidine rings is 1. The molecule has 5 heteroatoms. The minimum Gasteiger partial charge on any atom is -0.462 e. The molecule has 21 heavy (non-hydrogen) atoms. The molecule has 1 saturated heterocycles. The molecule has 3 rings (SSSR count). The Morgan fingerprint density at radius 1 is 1.33 bits per heavy atom. The maximum Gasteiger partial charge on any atom is 0.302 e. The van der Waals surface area contributed by atoms with E-state index in [-0.39, 0.29) is 30.4 Å². The van der Waals surface area contributed by atoms with Crippen LogP contribution in [0.3, 0.4) is 0 Å². The van der Waals surface area contributed by atoms with Gasteiger partial charge in [-0.3, -0.25) is 9.69 Å². The van der Waals surface area contributed by atoms with Crippen molar-refractivity contribution in [3.63, 3.8) is 0 Å². The number of ether oxygens (including phenoxy) is 1. The van der Waals surface area contributed by atoms with E-state index in [4.69, 9.17) is 16.3 Å². The second-order valence-corrected chi connectivity index (χ2v) is 5.91. The van der Waals surface area contributed by atoms with Crippen molar-refractivity contribution in [1.29, 1.82) is 0 Å². The van der Waals surface area contributed by atoms with Crippen molar-refractivity contribution in [2.24, 2.45) is 5.92 Å². The van der Waals surface area contributed by atoms with Crippen LogP contribution < -0.4 is 0 Å². The Hall–Kier alpha value is -1.03. The number of carbonyl (C=O) groups is 1. The first-order valence-electron chi connectivity index (χ1n) is 6.99. The van der Waals surface area contributed by atoms with Crippen molar-refractivity contribution in [2.45, 2.75) is 19.4 Å². The molecule has 0 spiro atoms. The van der Waals surface area contributed by atoms with Gasteiger partial charge in [0.15, 0.2) is 0 Å². The largest absolute Gasteiger partial charge is 0.462 e. The first kappa shape index (κ1) is 16.3. The minimum absolute atomic E-state index is 0. The molecule has 3 atom stereocenters. The molecule has 1 aromatic rings. The third kappa shape index (κ3) is 3.60. The number of hydrogen-bond acceptors (Lipinski definition) is 3. The molecular formula is C16H19Cl2NO2. The zero-order valence-electron chi connectivity index (χ0n) is 11.9. The van der Waals surface area contributed by atoms with Crippen molar-refractivity contribution in [2.75, 3.05) is 19.6 Å². The smallest absolute Gasteiger partial charge is 0.302 e. The van der Waals surface area contributed by atoms with E-state index in [0.717, 1.165) is 31.1 Å². The van der Waals surface area contributed by atoms with Crippen LogP contribution in [0.4, 0.5) is 0 Å². The zero-order chi connectivity index (χ0) is 14.1. The highest BCUT2D eigenvalue weighted by atomic mass is 35.5. The molecule has 2 heterocycles. The fourth-order valence-corrected chi connectivity index (χ4v) is 3.30. The molecule has 0 aromatic heterocycles. The fourth-order valence-electron chi connectivity index (χ4n) is 3.17. The number of nitrogens with zero attached hydrogens (tertiary/aromatic N) is 1. The highest BCUT2D eigenvalue weighted by Gasteiger charge is 2.36. The molecule has 0 aliphatic carbocycles. The number of rotatable bonds is 2. The zero-order valence-corrected chi connectivity index (χ0v) is 13.5. The lowest BCUT2D eigenvalue weighted by Crippen LogP contribution is -2.47. The van der Waals surface area contributed by atoms with Crippen LogP contribution in [0, 0.1) is 5.92 Å². The van der Waals surface area contributed by atoms with Gasteiger partial charge in [0.05, 0.1) is 0 Å². The Balaban J connectivity index is 0.00000161. The van der Waals surface area contributed by atoms with Gasteiger partial charge in [-0.05, 0) is 29.7 Å². The topological polar surface area (TPSA) is 29.5 Å². The molecule has 3 unspecified atom stereocenters. The molecule has 3 nitrogen and oxygen atoms in total. The average Bonchev–Trinajstić information content (AvgIpc) is 2.43. The maximum absolute atomic E-state index is 11.3. The molecular weight excluding hydrogens is 309 g/mol. The Labute approximate surface area is 136 Å². The van der Waals surface area contributed by atoms with Gasteiger partial charge in [-0.25, -0.2) is 0 Å². The van der Waals surface area contributed by atoms with Gasteiger partial charge < -0.3 is 4.74 Å². The summed E-state index contributed by atoms with van der Waals surface area (Å²) in [6, 6.07) is 7.91. The van der Waals surface area contributed by atoms with E-state index in [1.165, 1.54) is 18.1 Å². The van der Waals surface area contributed by atoms with Crippen LogP contribution in [0.25, 0.3) is 5.57 Å². The molecule has 0 radical (unpaired) electrons. The summed E-state index contributed by atoms with van der Waals surface area (Å²) in [5.41, 5.74) is 2.46. The summed E-state index contributed by atoms with van der Waals surface area (Å²) < 4.78 is 5.52. The van der Waals surface area contributed by atoms with Gasteiger partial charge in [-0.15, -0.1) is 12.4 Å². The van der Waals surface area contributed by atoms with E-state index < -0.39 is 0 Å². The minimum atomic E-state index is -0.190. The number of fused-ring (bicyclic) bond motifs is 2. The van der Waals surface area contributed by atoms with Gasteiger partial charge in [-0.1, -0.05) is 29.8 Å². The average molecular weight is 328 g/mol. The van der Waals surface area contributed by atoms with E-state index in [1.54, 1.807) is 0 Å². The second kappa shape index (κ2) is 6.82. The number of hydrogen-bond donors (Lipinski definition) is 0. The number of esters is 1. The van der Waals surface area contributed by atoms with Crippen molar-refractivity contribution in [1.82, 2.24) is 4.90 Å². The molecule has 114 valence electrons. The van der Waals surface area contributed by atoms with Crippen LogP contribution in [0.5, 0.6) is 0 Å². The summed E-state index contributed by atoms with van der Waals surface area (Å²) in [5.74, 6) is 0.0760. The van der Waals surface area contributed by atoms with Gasteiger partial charge in [0.1, 0.15) is 6.10 Å². The van der Waals surface area contributed by atoms with Crippen LogP contribution in [0.2, 0.25) is 5.02 Å². The normalized spacial score (nSPS) is 27.3. The highest BCUT2D eigenvalue weighted by molar-refractivity contribution is 6.30. The Morgan fingerprint density at radius 3 is 2.71 bits per heavy atom. The third-order valence-corrected chi connectivity index (χ3v) is 4.35. The van der Waals surface area contributed by atoms with Crippen LogP contribution in [0.1, 0.15) is 18.9 Å². The van der Waals surface area contributed by atoms with Crippen molar-refractivity contribution in [3.8, 4) is 0 Å². The molecule has 2 aliphatic rings. The van der Waals surface area contributed by atoms with E-state index in [0.29, 0.717) is 0 Å². The number of halogens is 2. The molecule has 2 bridgehead atoms. The third-order valence-electron chi connectivity index (χ3n) is 4.10. The Morgan fingerprint density at radius 2 is 2.05 bits per heavy atom. The fraction of sp³-hybridized carbons (Fsp3) is 0.438. The summed E-state index contributed by atoms with van der Waals surface area (Å²) in [6.07, 6.45) is 3.16. The predicted molar refractivity (Wildman–Crippen MR) is 86.8 cm³/mol. The summed E-state index contributed by atoms with van der Waals surface area (Å²) in [5, 5.41) is 0.743. The van der Waals surface area contributed by atoms with Gasteiger partial charge in [-0.2, -0.15) is 0 Å². The maximum atomic E-state index is 11.3. The lowest BCUT2D eigenvalue weighted by molar-refractivity contribution is -0.150. The SMILES string of the molecule is CC(=O)OC1CCN2CC=C(c3ccc(Cl)cc3)C1C2.Cl. The molecule has 0 saturated carbocycles. The standard InChI is InChI=1S/C16H18ClNO2.ClH/c1-11(19)20-16-7-9-18-8-6-14(15(16)10-18)12-2-4-13(17)5-3-12;/h2-6,15-16H,7-10H2,1H3;1H.